The number of aromatic nitrogens is 2. The highest BCUT2D eigenvalue weighted by Gasteiger charge is 2.30. The standard InChI is InChI=1S/C19H26N4O/c1-14-4-6-17(7-5-14)15(2)21-19(24)13-23(18-8-9-18)12-16-10-20-22(3)11-16/h4-7,10-11,15,18H,8-9,12-13H2,1-3H3,(H,21,24)/t15-/m1/s1. The minimum Gasteiger partial charge on any atom is -0.348 e. The van der Waals surface area contributed by atoms with E-state index in [1.54, 1.807) is 4.68 Å². The third kappa shape index (κ3) is 4.45. The predicted octanol–water partition coefficient (Wildman–Crippen LogP) is 2.57. The Hall–Kier alpha value is -2.14. The molecule has 5 nitrogen and oxygen atoms in total. The van der Waals surface area contributed by atoms with Crippen LogP contribution in [0.1, 0.15) is 42.5 Å². The van der Waals surface area contributed by atoms with Gasteiger partial charge in [0.25, 0.3) is 0 Å². The van der Waals surface area contributed by atoms with E-state index in [9.17, 15) is 4.79 Å². The molecule has 0 bridgehead atoms. The lowest BCUT2D eigenvalue weighted by molar-refractivity contribution is -0.123. The van der Waals surface area contributed by atoms with Crippen molar-refractivity contribution in [2.75, 3.05) is 6.54 Å². The summed E-state index contributed by atoms with van der Waals surface area (Å²) in [7, 11) is 1.92. The second-order valence-electron chi connectivity index (χ2n) is 6.86. The number of rotatable bonds is 7. The van der Waals surface area contributed by atoms with Crippen molar-refractivity contribution in [1.29, 1.82) is 0 Å². The third-order valence-corrected chi connectivity index (χ3v) is 4.51. The molecule has 0 radical (unpaired) electrons. The van der Waals surface area contributed by atoms with Crippen molar-refractivity contribution < 1.29 is 4.79 Å². The summed E-state index contributed by atoms with van der Waals surface area (Å²) in [6.45, 7) is 5.32. The van der Waals surface area contributed by atoms with E-state index in [1.807, 2.05) is 26.4 Å². The van der Waals surface area contributed by atoms with Crippen molar-refractivity contribution in [2.24, 2.45) is 7.05 Å². The Labute approximate surface area is 143 Å². The number of amides is 1. The minimum absolute atomic E-state index is 0.0255. The summed E-state index contributed by atoms with van der Waals surface area (Å²) >= 11 is 0. The van der Waals surface area contributed by atoms with Gasteiger partial charge in [0, 0.05) is 31.4 Å². The molecule has 5 heteroatoms. The fourth-order valence-corrected chi connectivity index (χ4v) is 2.95. The highest BCUT2D eigenvalue weighted by molar-refractivity contribution is 5.78. The Kier molecular flexibility index (Phi) is 5.00. The van der Waals surface area contributed by atoms with Crippen molar-refractivity contribution in [3.05, 3.63) is 53.3 Å². The Balaban J connectivity index is 1.56. The van der Waals surface area contributed by atoms with E-state index in [2.05, 4.69) is 46.5 Å². The molecule has 1 aromatic heterocycles. The van der Waals surface area contributed by atoms with Crippen molar-refractivity contribution in [3.63, 3.8) is 0 Å². The second-order valence-corrected chi connectivity index (χ2v) is 6.86. The number of aryl methyl sites for hydroxylation is 2. The number of benzene rings is 1. The lowest BCUT2D eigenvalue weighted by Crippen LogP contribution is -2.39. The van der Waals surface area contributed by atoms with Crippen LogP contribution in [0.3, 0.4) is 0 Å². The number of nitrogens with one attached hydrogen (secondary N) is 1. The van der Waals surface area contributed by atoms with E-state index in [1.165, 1.54) is 18.4 Å². The van der Waals surface area contributed by atoms with E-state index in [-0.39, 0.29) is 11.9 Å². The topological polar surface area (TPSA) is 50.2 Å². The van der Waals surface area contributed by atoms with Gasteiger partial charge in [0.15, 0.2) is 0 Å². The molecule has 1 aromatic carbocycles. The molecule has 24 heavy (non-hydrogen) atoms. The average Bonchev–Trinajstić information content (AvgIpc) is 3.30. The molecule has 0 unspecified atom stereocenters. The summed E-state index contributed by atoms with van der Waals surface area (Å²) < 4.78 is 1.81. The van der Waals surface area contributed by atoms with Crippen molar-refractivity contribution in [3.8, 4) is 0 Å². The normalized spacial score (nSPS) is 15.5. The molecule has 2 aromatic rings. The first-order valence-electron chi connectivity index (χ1n) is 8.59. The molecule has 3 rings (SSSR count). The van der Waals surface area contributed by atoms with Gasteiger partial charge in [0.2, 0.25) is 5.91 Å². The van der Waals surface area contributed by atoms with Gasteiger partial charge in [-0.3, -0.25) is 14.4 Å². The first-order chi connectivity index (χ1) is 11.5. The maximum Gasteiger partial charge on any atom is 0.234 e. The molecule has 1 saturated carbocycles. The molecule has 1 fully saturated rings. The zero-order valence-corrected chi connectivity index (χ0v) is 14.7. The zero-order valence-electron chi connectivity index (χ0n) is 14.7. The van der Waals surface area contributed by atoms with Crippen molar-refractivity contribution >= 4 is 5.91 Å². The molecular formula is C19H26N4O. The van der Waals surface area contributed by atoms with Gasteiger partial charge < -0.3 is 5.32 Å². The molecule has 0 aliphatic heterocycles. The second kappa shape index (κ2) is 7.18. The third-order valence-electron chi connectivity index (χ3n) is 4.51. The fraction of sp³-hybridized carbons (Fsp3) is 0.474. The van der Waals surface area contributed by atoms with E-state index >= 15 is 0 Å². The number of hydrogen-bond acceptors (Lipinski definition) is 3. The van der Waals surface area contributed by atoms with Gasteiger partial charge >= 0.3 is 0 Å². The largest absolute Gasteiger partial charge is 0.348 e. The van der Waals surface area contributed by atoms with Crippen LogP contribution in [-0.4, -0.2) is 33.2 Å². The molecule has 128 valence electrons. The Morgan fingerprint density at radius 1 is 1.38 bits per heavy atom. The van der Waals surface area contributed by atoms with Crippen LogP contribution in [0.4, 0.5) is 0 Å². The zero-order chi connectivity index (χ0) is 17.1. The van der Waals surface area contributed by atoms with Gasteiger partial charge in [-0.2, -0.15) is 5.10 Å². The van der Waals surface area contributed by atoms with E-state index in [4.69, 9.17) is 0 Å². The first-order valence-corrected chi connectivity index (χ1v) is 8.59. The van der Waals surface area contributed by atoms with Crippen molar-refractivity contribution in [1.82, 2.24) is 20.0 Å². The van der Waals surface area contributed by atoms with Gasteiger partial charge in [-0.05, 0) is 32.3 Å². The monoisotopic (exact) mass is 326 g/mol. The average molecular weight is 326 g/mol. The lowest BCUT2D eigenvalue weighted by Gasteiger charge is -2.22. The summed E-state index contributed by atoms with van der Waals surface area (Å²) in [5.41, 5.74) is 3.52. The summed E-state index contributed by atoms with van der Waals surface area (Å²) in [4.78, 5) is 14.7. The Morgan fingerprint density at radius 3 is 2.67 bits per heavy atom. The lowest BCUT2D eigenvalue weighted by atomic mass is 10.1. The molecule has 1 aliphatic rings. The van der Waals surface area contributed by atoms with E-state index in [0.717, 1.165) is 17.7 Å². The van der Waals surface area contributed by atoms with Crippen LogP contribution in [0.5, 0.6) is 0 Å². The van der Waals surface area contributed by atoms with E-state index < -0.39 is 0 Å². The van der Waals surface area contributed by atoms with Crippen LogP contribution in [0, 0.1) is 6.92 Å². The van der Waals surface area contributed by atoms with E-state index in [0.29, 0.717) is 12.6 Å². The molecule has 1 amide bonds. The molecule has 0 saturated heterocycles. The van der Waals surface area contributed by atoms with Gasteiger partial charge in [-0.15, -0.1) is 0 Å². The maximum absolute atomic E-state index is 12.5. The quantitative estimate of drug-likeness (QED) is 0.851. The molecule has 0 spiro atoms. The van der Waals surface area contributed by atoms with Gasteiger partial charge in [0.1, 0.15) is 0 Å². The molecule has 1 aliphatic carbocycles. The van der Waals surface area contributed by atoms with Crippen LogP contribution in [0.15, 0.2) is 36.7 Å². The first kappa shape index (κ1) is 16.7. The maximum atomic E-state index is 12.5. The van der Waals surface area contributed by atoms with Crippen LogP contribution in [0.2, 0.25) is 0 Å². The number of nitrogens with zero attached hydrogens (tertiary/aromatic N) is 3. The van der Waals surface area contributed by atoms with Crippen LogP contribution in [0.25, 0.3) is 0 Å². The van der Waals surface area contributed by atoms with Crippen LogP contribution in [-0.2, 0) is 18.4 Å². The summed E-state index contributed by atoms with van der Waals surface area (Å²) in [5, 5.41) is 7.33. The predicted molar refractivity (Wildman–Crippen MR) is 94.4 cm³/mol. The molecule has 1 atom stereocenters. The number of carbonyl (C=O) groups is 1. The van der Waals surface area contributed by atoms with Gasteiger partial charge in [0.05, 0.1) is 18.8 Å². The smallest absolute Gasteiger partial charge is 0.234 e. The highest BCUT2D eigenvalue weighted by Crippen LogP contribution is 2.28. The summed E-state index contributed by atoms with van der Waals surface area (Å²) in [6, 6.07) is 8.87. The minimum atomic E-state index is 0.0255. The summed E-state index contributed by atoms with van der Waals surface area (Å²) in [6.07, 6.45) is 6.26. The van der Waals surface area contributed by atoms with Crippen molar-refractivity contribution in [2.45, 2.75) is 45.3 Å². The summed E-state index contributed by atoms with van der Waals surface area (Å²) in [5.74, 6) is 0.0823. The Morgan fingerprint density at radius 2 is 2.08 bits per heavy atom. The Bertz CT molecular complexity index is 688. The number of hydrogen-bond donors (Lipinski definition) is 1. The molecule has 1 heterocycles. The number of carbonyl (C=O) groups excluding carboxylic acids is 1. The molecular weight excluding hydrogens is 300 g/mol. The highest BCUT2D eigenvalue weighted by atomic mass is 16.2. The molecule has 1 N–H and O–H groups in total. The fourth-order valence-electron chi connectivity index (χ4n) is 2.95. The van der Waals surface area contributed by atoms with Crippen LogP contribution >= 0.6 is 0 Å². The SMILES string of the molecule is Cc1ccc([C@@H](C)NC(=O)CN(Cc2cnn(C)c2)C2CC2)cc1. The van der Waals surface area contributed by atoms with Crippen LogP contribution < -0.4 is 5.32 Å². The van der Waals surface area contributed by atoms with Gasteiger partial charge in [-0.1, -0.05) is 29.8 Å². The van der Waals surface area contributed by atoms with Gasteiger partial charge in [-0.25, -0.2) is 0 Å².